The molecule has 1 heterocycles. The van der Waals surface area contributed by atoms with Crippen molar-refractivity contribution in [1.82, 2.24) is 15.4 Å². The highest BCUT2D eigenvalue weighted by molar-refractivity contribution is 5.86. The van der Waals surface area contributed by atoms with Gasteiger partial charge in [-0.2, -0.15) is 10.1 Å². The zero-order chi connectivity index (χ0) is 22.9. The Morgan fingerprint density at radius 2 is 2.00 bits per heavy atom. The third-order valence-electron chi connectivity index (χ3n) is 4.09. The minimum atomic E-state index is -0.601. The van der Waals surface area contributed by atoms with Crippen LogP contribution in [0.5, 0.6) is 11.6 Å². The Labute approximate surface area is 182 Å². The topological polar surface area (TPSA) is 152 Å². The van der Waals surface area contributed by atoms with Gasteiger partial charge in [0.05, 0.1) is 11.1 Å². The molecule has 11 nitrogen and oxygen atoms in total. The number of aromatic nitrogens is 2. The summed E-state index contributed by atoms with van der Waals surface area (Å²) in [4.78, 5) is 30.7. The van der Waals surface area contributed by atoms with Crippen LogP contribution in [0.3, 0.4) is 0 Å². The molecule has 0 saturated carbocycles. The Morgan fingerprint density at radius 1 is 1.22 bits per heavy atom. The van der Waals surface area contributed by atoms with Gasteiger partial charge >= 0.3 is 0 Å². The third-order valence-corrected chi connectivity index (χ3v) is 4.09. The predicted octanol–water partition coefficient (Wildman–Crippen LogP) is 2.54. The van der Waals surface area contributed by atoms with Gasteiger partial charge in [0, 0.05) is 36.0 Å². The number of phenols is 1. The molecule has 0 saturated heterocycles. The molecule has 0 bridgehead atoms. The lowest BCUT2D eigenvalue weighted by Gasteiger charge is -2.09. The van der Waals surface area contributed by atoms with E-state index in [0.717, 1.165) is 23.9 Å². The number of rotatable bonds is 9. The molecule has 0 fully saturated rings. The zero-order valence-corrected chi connectivity index (χ0v) is 17.1. The second-order valence-corrected chi connectivity index (χ2v) is 6.59. The number of nitrogens with zero attached hydrogens (tertiary/aromatic N) is 4. The summed E-state index contributed by atoms with van der Waals surface area (Å²) in [6.07, 6.45) is 1.10. The van der Waals surface area contributed by atoms with Gasteiger partial charge in [0.25, 0.3) is 11.6 Å². The van der Waals surface area contributed by atoms with Crippen LogP contribution in [0.2, 0.25) is 0 Å². The second kappa shape index (κ2) is 10.5. The van der Waals surface area contributed by atoms with E-state index >= 15 is 0 Å². The molecular formula is C21H20N6O5. The van der Waals surface area contributed by atoms with Gasteiger partial charge in [-0.05, 0) is 18.6 Å². The highest BCUT2D eigenvalue weighted by Crippen LogP contribution is 2.21. The van der Waals surface area contributed by atoms with Crippen LogP contribution in [0.15, 0.2) is 59.7 Å². The minimum Gasteiger partial charge on any atom is -0.507 e. The van der Waals surface area contributed by atoms with Gasteiger partial charge in [0.2, 0.25) is 11.8 Å². The van der Waals surface area contributed by atoms with Crippen LogP contribution in [0.4, 0.5) is 11.6 Å². The van der Waals surface area contributed by atoms with Gasteiger partial charge in [-0.1, -0.05) is 30.3 Å². The van der Waals surface area contributed by atoms with E-state index in [0.29, 0.717) is 18.2 Å². The average molecular weight is 436 g/mol. The summed E-state index contributed by atoms with van der Waals surface area (Å²) in [7, 11) is 0. The number of carbonyl (C=O) groups is 1. The van der Waals surface area contributed by atoms with Crippen molar-refractivity contribution < 1.29 is 19.6 Å². The maximum Gasteiger partial charge on any atom is 0.278 e. The Hall–Kier alpha value is -4.54. The predicted molar refractivity (Wildman–Crippen MR) is 117 cm³/mol. The third kappa shape index (κ3) is 6.49. The van der Waals surface area contributed by atoms with Gasteiger partial charge in [0.1, 0.15) is 5.75 Å². The van der Waals surface area contributed by atoms with E-state index in [9.17, 15) is 20.0 Å². The van der Waals surface area contributed by atoms with Gasteiger partial charge in [-0.15, -0.1) is 0 Å². The summed E-state index contributed by atoms with van der Waals surface area (Å²) in [5, 5.41) is 27.3. The van der Waals surface area contributed by atoms with Crippen molar-refractivity contribution in [2.24, 2.45) is 5.10 Å². The Bertz CT molecular complexity index is 1140. The first-order valence-electron chi connectivity index (χ1n) is 9.46. The van der Waals surface area contributed by atoms with E-state index in [1.165, 1.54) is 6.07 Å². The van der Waals surface area contributed by atoms with Crippen LogP contribution >= 0.6 is 0 Å². The molecule has 0 spiro atoms. The lowest BCUT2D eigenvalue weighted by Crippen LogP contribution is -2.25. The molecular weight excluding hydrogens is 416 g/mol. The number of anilines is 1. The number of hydrazone groups is 1. The maximum absolute atomic E-state index is 12.0. The van der Waals surface area contributed by atoms with Gasteiger partial charge < -0.3 is 15.2 Å². The molecule has 11 heteroatoms. The number of aryl methyl sites for hydroxylation is 1. The Kier molecular flexibility index (Phi) is 7.25. The largest absolute Gasteiger partial charge is 0.507 e. The van der Waals surface area contributed by atoms with Crippen LogP contribution in [-0.4, -0.2) is 38.7 Å². The number of carbonyl (C=O) groups excluding carboxylic acids is 1. The lowest BCUT2D eigenvalue weighted by atomic mass is 10.2. The Balaban J connectivity index is 1.53. The van der Waals surface area contributed by atoms with Crippen molar-refractivity contribution in [3.63, 3.8) is 0 Å². The molecule has 0 aliphatic carbocycles. The summed E-state index contributed by atoms with van der Waals surface area (Å²) in [6.45, 7) is 1.94. The number of aromatic hydroxyl groups is 1. The summed E-state index contributed by atoms with van der Waals surface area (Å²) in [5.41, 5.74) is 3.81. The number of hydrogen-bond acceptors (Lipinski definition) is 9. The van der Waals surface area contributed by atoms with Crippen molar-refractivity contribution in [1.29, 1.82) is 0 Å². The lowest BCUT2D eigenvalue weighted by molar-refractivity contribution is -0.384. The number of non-ortho nitro benzene ring substituents is 1. The summed E-state index contributed by atoms with van der Waals surface area (Å²) >= 11 is 0. The van der Waals surface area contributed by atoms with E-state index in [-0.39, 0.29) is 29.5 Å². The maximum atomic E-state index is 12.0. The standard InChI is InChI=1S/C21H20N6O5/c1-14-9-20(25-21(24-14)22-11-15-5-3-2-4-6-15)32-13-19(29)26-23-12-16-10-17(27(30)31)7-8-18(16)28/h2-10,12,28H,11,13H2,1H3,(H,26,29)(H,22,24,25)/b23-12+. The van der Waals surface area contributed by atoms with Crippen LogP contribution in [-0.2, 0) is 11.3 Å². The number of benzene rings is 2. The Morgan fingerprint density at radius 3 is 2.75 bits per heavy atom. The van der Waals surface area contributed by atoms with Gasteiger partial charge in [0.15, 0.2) is 6.61 Å². The first kappa shape index (κ1) is 22.2. The molecule has 0 atom stereocenters. The molecule has 0 aliphatic rings. The molecule has 0 aliphatic heterocycles. The highest BCUT2D eigenvalue weighted by Gasteiger charge is 2.09. The number of phenolic OH excluding ortho intramolecular Hbond substituents is 1. The molecule has 2 aromatic carbocycles. The summed E-state index contributed by atoms with van der Waals surface area (Å²) in [6, 6.07) is 14.8. The molecule has 1 amide bonds. The van der Waals surface area contributed by atoms with Crippen LogP contribution in [0, 0.1) is 17.0 Å². The molecule has 0 unspecified atom stereocenters. The molecule has 164 valence electrons. The van der Waals surface area contributed by atoms with Gasteiger partial charge in [-0.25, -0.2) is 10.4 Å². The highest BCUT2D eigenvalue weighted by atomic mass is 16.6. The fraction of sp³-hybridized carbons (Fsp3) is 0.143. The number of ether oxygens (including phenoxy) is 1. The van der Waals surface area contributed by atoms with E-state index in [1.807, 2.05) is 30.3 Å². The molecule has 0 radical (unpaired) electrons. The molecule has 3 aromatic rings. The molecule has 3 N–H and O–H groups in total. The van der Waals surface area contributed by atoms with E-state index in [2.05, 4.69) is 25.8 Å². The van der Waals surface area contributed by atoms with Crippen molar-refractivity contribution in [2.45, 2.75) is 13.5 Å². The summed E-state index contributed by atoms with van der Waals surface area (Å²) in [5.74, 6) is -0.218. The number of hydrogen-bond donors (Lipinski definition) is 3. The number of nitro benzene ring substituents is 1. The normalized spacial score (nSPS) is 10.7. The van der Waals surface area contributed by atoms with Crippen molar-refractivity contribution in [3.8, 4) is 11.6 Å². The van der Waals surface area contributed by atoms with E-state index < -0.39 is 10.8 Å². The second-order valence-electron chi connectivity index (χ2n) is 6.59. The van der Waals surface area contributed by atoms with Crippen LogP contribution < -0.4 is 15.5 Å². The fourth-order valence-corrected chi connectivity index (χ4v) is 2.57. The van der Waals surface area contributed by atoms with E-state index in [1.54, 1.807) is 13.0 Å². The fourth-order valence-electron chi connectivity index (χ4n) is 2.57. The first-order valence-corrected chi connectivity index (χ1v) is 9.46. The minimum absolute atomic E-state index is 0.0842. The number of nitrogens with one attached hydrogen (secondary N) is 2. The number of amides is 1. The average Bonchev–Trinajstić information content (AvgIpc) is 2.78. The van der Waals surface area contributed by atoms with E-state index in [4.69, 9.17) is 4.74 Å². The zero-order valence-electron chi connectivity index (χ0n) is 17.1. The van der Waals surface area contributed by atoms with Crippen LogP contribution in [0.1, 0.15) is 16.8 Å². The van der Waals surface area contributed by atoms with Gasteiger partial charge in [-0.3, -0.25) is 14.9 Å². The molecule has 1 aromatic heterocycles. The molecule has 32 heavy (non-hydrogen) atoms. The smallest absolute Gasteiger partial charge is 0.278 e. The van der Waals surface area contributed by atoms with Crippen molar-refractivity contribution >= 4 is 23.8 Å². The van der Waals surface area contributed by atoms with Crippen molar-refractivity contribution in [2.75, 3.05) is 11.9 Å². The first-order chi connectivity index (χ1) is 15.4. The number of nitro groups is 1. The van der Waals surface area contributed by atoms with Crippen molar-refractivity contribution in [3.05, 3.63) is 81.5 Å². The monoisotopic (exact) mass is 436 g/mol. The SMILES string of the molecule is Cc1cc(OCC(=O)N/N=C/c2cc([N+](=O)[O-])ccc2O)nc(NCc2ccccc2)n1. The summed E-state index contributed by atoms with van der Waals surface area (Å²) < 4.78 is 5.40. The molecule has 3 rings (SSSR count). The van der Waals surface area contributed by atoms with Crippen LogP contribution in [0.25, 0.3) is 0 Å². The quantitative estimate of drug-likeness (QED) is 0.263.